The zero-order valence-electron chi connectivity index (χ0n) is 10.1. The summed E-state index contributed by atoms with van der Waals surface area (Å²) in [7, 11) is 0. The van der Waals surface area contributed by atoms with Gasteiger partial charge < -0.3 is 9.67 Å². The van der Waals surface area contributed by atoms with E-state index in [4.69, 9.17) is 0 Å². The Balaban J connectivity index is 2.75. The summed E-state index contributed by atoms with van der Waals surface area (Å²) in [6.45, 7) is 7.32. The molecule has 0 amide bonds. The first-order valence-corrected chi connectivity index (χ1v) is 5.90. The maximum Gasteiger partial charge on any atom is 0.135 e. The fourth-order valence-electron chi connectivity index (χ4n) is 1.97. The van der Waals surface area contributed by atoms with Gasteiger partial charge in [0.1, 0.15) is 12.4 Å². The maximum atomic E-state index is 9.18. The van der Waals surface area contributed by atoms with Crippen molar-refractivity contribution >= 4 is 0 Å². The van der Waals surface area contributed by atoms with E-state index in [0.717, 1.165) is 24.5 Å². The van der Waals surface area contributed by atoms with Crippen molar-refractivity contribution in [2.75, 3.05) is 0 Å². The van der Waals surface area contributed by atoms with Crippen LogP contribution in [0.3, 0.4) is 0 Å². The quantitative estimate of drug-likeness (QED) is 0.732. The number of aryl methyl sites for hydroxylation is 1. The topological polar surface area (TPSA) is 38.1 Å². The zero-order valence-corrected chi connectivity index (χ0v) is 10.1. The molecule has 1 N–H and O–H groups in total. The summed E-state index contributed by atoms with van der Waals surface area (Å²) >= 11 is 0. The molecule has 15 heavy (non-hydrogen) atoms. The number of aromatic nitrogens is 2. The predicted octanol–water partition coefficient (Wildman–Crippen LogP) is 2.44. The molecule has 0 fully saturated rings. The zero-order chi connectivity index (χ0) is 11.3. The second-order valence-electron chi connectivity index (χ2n) is 3.92. The van der Waals surface area contributed by atoms with Crippen LogP contribution in [0, 0.1) is 6.92 Å². The second kappa shape index (κ2) is 5.91. The summed E-state index contributed by atoms with van der Waals surface area (Å²) in [6, 6.07) is 0. The van der Waals surface area contributed by atoms with Crippen molar-refractivity contribution < 1.29 is 5.11 Å². The van der Waals surface area contributed by atoms with Crippen molar-refractivity contribution in [3.63, 3.8) is 0 Å². The summed E-state index contributed by atoms with van der Waals surface area (Å²) in [6.07, 6.45) is 4.73. The van der Waals surface area contributed by atoms with Gasteiger partial charge in [0.25, 0.3) is 0 Å². The number of hydrogen-bond acceptors (Lipinski definition) is 2. The molecule has 0 spiro atoms. The van der Waals surface area contributed by atoms with Crippen molar-refractivity contribution in [3.05, 3.63) is 17.2 Å². The van der Waals surface area contributed by atoms with Crippen LogP contribution in [0.15, 0.2) is 0 Å². The molecule has 0 aliphatic heterocycles. The van der Waals surface area contributed by atoms with Crippen LogP contribution in [0.2, 0.25) is 0 Å². The first-order valence-electron chi connectivity index (χ1n) is 5.90. The van der Waals surface area contributed by atoms with E-state index < -0.39 is 0 Å². The summed E-state index contributed by atoms with van der Waals surface area (Å²) in [5.74, 6) is 0.807. The highest BCUT2D eigenvalue weighted by atomic mass is 16.3. The standard InChI is InChI=1S/C12H22N2O/c1-4-6-7-8-11-10(3)14(5-2)12(9-15)13-11/h15H,4-9H2,1-3H3. The third-order valence-corrected chi connectivity index (χ3v) is 2.87. The van der Waals surface area contributed by atoms with Gasteiger partial charge in [0.05, 0.1) is 5.69 Å². The van der Waals surface area contributed by atoms with E-state index in [9.17, 15) is 5.11 Å². The molecule has 0 atom stereocenters. The van der Waals surface area contributed by atoms with Gasteiger partial charge in [-0.15, -0.1) is 0 Å². The highest BCUT2D eigenvalue weighted by molar-refractivity contribution is 5.15. The third-order valence-electron chi connectivity index (χ3n) is 2.87. The molecule has 0 aliphatic carbocycles. The highest BCUT2D eigenvalue weighted by Crippen LogP contribution is 2.14. The smallest absolute Gasteiger partial charge is 0.135 e. The van der Waals surface area contributed by atoms with Gasteiger partial charge in [0.2, 0.25) is 0 Å². The average molecular weight is 210 g/mol. The fourth-order valence-corrected chi connectivity index (χ4v) is 1.97. The molecule has 0 radical (unpaired) electrons. The second-order valence-corrected chi connectivity index (χ2v) is 3.92. The van der Waals surface area contributed by atoms with Crippen molar-refractivity contribution in [3.8, 4) is 0 Å². The number of unbranched alkanes of at least 4 members (excludes halogenated alkanes) is 2. The van der Waals surface area contributed by atoms with E-state index in [0.29, 0.717) is 0 Å². The van der Waals surface area contributed by atoms with Crippen LogP contribution >= 0.6 is 0 Å². The monoisotopic (exact) mass is 210 g/mol. The molecule has 0 bridgehead atoms. The number of hydrogen-bond donors (Lipinski definition) is 1. The molecular formula is C12H22N2O. The van der Waals surface area contributed by atoms with E-state index >= 15 is 0 Å². The minimum atomic E-state index is 0.0441. The Morgan fingerprint density at radius 3 is 2.47 bits per heavy atom. The van der Waals surface area contributed by atoms with Gasteiger partial charge in [0.15, 0.2) is 0 Å². The Labute approximate surface area is 92.1 Å². The van der Waals surface area contributed by atoms with Gasteiger partial charge in [-0.1, -0.05) is 19.8 Å². The fraction of sp³-hybridized carbons (Fsp3) is 0.750. The largest absolute Gasteiger partial charge is 0.388 e. The van der Waals surface area contributed by atoms with Gasteiger partial charge in [-0.3, -0.25) is 0 Å². The lowest BCUT2D eigenvalue weighted by Gasteiger charge is -2.04. The SMILES string of the molecule is CCCCCc1nc(CO)n(CC)c1C. The molecular weight excluding hydrogens is 188 g/mol. The Morgan fingerprint density at radius 2 is 2.00 bits per heavy atom. The van der Waals surface area contributed by atoms with Gasteiger partial charge >= 0.3 is 0 Å². The Bertz CT molecular complexity index is 305. The Hall–Kier alpha value is -0.830. The van der Waals surface area contributed by atoms with Gasteiger partial charge in [-0.2, -0.15) is 0 Å². The summed E-state index contributed by atoms with van der Waals surface area (Å²) in [5, 5.41) is 9.18. The Morgan fingerprint density at radius 1 is 1.27 bits per heavy atom. The van der Waals surface area contributed by atoms with Crippen LogP contribution < -0.4 is 0 Å². The van der Waals surface area contributed by atoms with Gasteiger partial charge in [-0.25, -0.2) is 4.98 Å². The van der Waals surface area contributed by atoms with Crippen molar-refractivity contribution in [2.45, 2.75) is 59.6 Å². The summed E-state index contributed by atoms with van der Waals surface area (Å²) in [5.41, 5.74) is 2.38. The molecule has 0 aliphatic rings. The van der Waals surface area contributed by atoms with E-state index in [1.54, 1.807) is 0 Å². The maximum absolute atomic E-state index is 9.18. The average Bonchev–Trinajstić information content (AvgIpc) is 2.55. The van der Waals surface area contributed by atoms with Crippen LogP contribution in [-0.4, -0.2) is 14.7 Å². The highest BCUT2D eigenvalue weighted by Gasteiger charge is 2.10. The van der Waals surface area contributed by atoms with Crippen molar-refractivity contribution in [1.82, 2.24) is 9.55 Å². The van der Waals surface area contributed by atoms with Crippen molar-refractivity contribution in [2.24, 2.45) is 0 Å². The number of aliphatic hydroxyl groups excluding tert-OH is 1. The molecule has 0 saturated carbocycles. The minimum absolute atomic E-state index is 0.0441. The lowest BCUT2D eigenvalue weighted by molar-refractivity contribution is 0.265. The molecule has 3 nitrogen and oxygen atoms in total. The van der Waals surface area contributed by atoms with Crippen LogP contribution in [0.5, 0.6) is 0 Å². The van der Waals surface area contributed by atoms with E-state index in [1.807, 2.05) is 0 Å². The number of aliphatic hydroxyl groups is 1. The third kappa shape index (κ3) is 2.81. The molecule has 0 aromatic carbocycles. The van der Waals surface area contributed by atoms with Crippen LogP contribution in [0.25, 0.3) is 0 Å². The number of imidazole rings is 1. The Kier molecular flexibility index (Phi) is 4.82. The van der Waals surface area contributed by atoms with E-state index in [2.05, 4.69) is 30.3 Å². The molecule has 0 unspecified atom stereocenters. The normalized spacial score (nSPS) is 10.9. The lowest BCUT2D eigenvalue weighted by Crippen LogP contribution is -2.03. The number of nitrogens with zero attached hydrogens (tertiary/aromatic N) is 2. The molecule has 1 aromatic heterocycles. The molecule has 1 rings (SSSR count). The minimum Gasteiger partial charge on any atom is -0.388 e. The van der Waals surface area contributed by atoms with E-state index in [-0.39, 0.29) is 6.61 Å². The predicted molar refractivity (Wildman–Crippen MR) is 61.8 cm³/mol. The molecule has 1 aromatic rings. The first-order chi connectivity index (χ1) is 7.24. The van der Waals surface area contributed by atoms with Crippen LogP contribution in [-0.2, 0) is 19.6 Å². The summed E-state index contributed by atoms with van der Waals surface area (Å²) < 4.78 is 2.10. The molecule has 0 saturated heterocycles. The molecule has 3 heteroatoms. The van der Waals surface area contributed by atoms with Crippen molar-refractivity contribution in [1.29, 1.82) is 0 Å². The van der Waals surface area contributed by atoms with E-state index in [1.165, 1.54) is 25.0 Å². The van der Waals surface area contributed by atoms with Gasteiger partial charge in [0, 0.05) is 12.2 Å². The van der Waals surface area contributed by atoms with Crippen LogP contribution in [0.4, 0.5) is 0 Å². The van der Waals surface area contributed by atoms with Crippen LogP contribution in [0.1, 0.15) is 50.3 Å². The molecule has 86 valence electrons. The van der Waals surface area contributed by atoms with Gasteiger partial charge in [-0.05, 0) is 26.7 Å². The number of rotatable bonds is 6. The summed E-state index contributed by atoms with van der Waals surface area (Å²) in [4.78, 5) is 4.48. The molecule has 1 heterocycles. The first kappa shape index (κ1) is 12.2. The lowest BCUT2D eigenvalue weighted by atomic mass is 10.1.